The van der Waals surface area contributed by atoms with Gasteiger partial charge in [-0.1, -0.05) is 0 Å². The molecule has 0 saturated carbocycles. The normalized spacial score (nSPS) is 16.7. The maximum absolute atomic E-state index is 11.3. The molecule has 6 heteroatoms. The summed E-state index contributed by atoms with van der Waals surface area (Å²) in [6.07, 6.45) is 1.66. The lowest BCUT2D eigenvalue weighted by molar-refractivity contribution is 0.204. The largest absolute Gasteiger partial charge is 0.358 e. The van der Waals surface area contributed by atoms with Crippen molar-refractivity contribution in [1.82, 2.24) is 10.4 Å². The Bertz CT molecular complexity index is 410. The van der Waals surface area contributed by atoms with Crippen molar-refractivity contribution in [2.75, 3.05) is 6.54 Å². The zero-order valence-electron chi connectivity index (χ0n) is 8.17. The van der Waals surface area contributed by atoms with Gasteiger partial charge in [0, 0.05) is 5.56 Å². The van der Waals surface area contributed by atoms with E-state index in [1.54, 1.807) is 17.6 Å². The zero-order valence-corrected chi connectivity index (χ0v) is 8.99. The molecule has 0 unspecified atom stereocenters. The van der Waals surface area contributed by atoms with Crippen molar-refractivity contribution >= 4 is 29.3 Å². The number of hydrazone groups is 2. The van der Waals surface area contributed by atoms with E-state index in [4.69, 9.17) is 0 Å². The van der Waals surface area contributed by atoms with Crippen molar-refractivity contribution in [1.29, 1.82) is 0 Å². The number of nitrogens with zero attached hydrogens (tertiary/aromatic N) is 3. The van der Waals surface area contributed by atoms with Crippen LogP contribution in [-0.4, -0.2) is 29.5 Å². The van der Waals surface area contributed by atoms with Gasteiger partial charge >= 0.3 is 6.03 Å². The predicted molar refractivity (Wildman–Crippen MR) is 60.3 cm³/mol. The number of thiophene rings is 1. The van der Waals surface area contributed by atoms with Gasteiger partial charge in [-0.25, -0.2) is 15.2 Å². The summed E-state index contributed by atoms with van der Waals surface area (Å²) in [5.74, 6) is 0. The number of hydrogen-bond acceptors (Lipinski definition) is 4. The highest BCUT2D eigenvalue weighted by Gasteiger charge is 2.16. The lowest BCUT2D eigenvalue weighted by Gasteiger charge is -2.19. The molecule has 1 aliphatic heterocycles. The number of amides is 2. The lowest BCUT2D eigenvalue weighted by Crippen LogP contribution is -2.41. The molecule has 1 N–H and O–H groups in total. The van der Waals surface area contributed by atoms with E-state index in [0.717, 1.165) is 11.3 Å². The average Bonchev–Trinajstić information content (AvgIpc) is 2.72. The van der Waals surface area contributed by atoms with Gasteiger partial charge in [-0.05, 0) is 23.8 Å². The molecule has 1 aromatic heterocycles. The molecule has 0 bridgehead atoms. The zero-order chi connectivity index (χ0) is 10.7. The lowest BCUT2D eigenvalue weighted by atomic mass is 10.4. The fourth-order valence-electron chi connectivity index (χ4n) is 1.10. The molecule has 0 saturated heterocycles. The summed E-state index contributed by atoms with van der Waals surface area (Å²) in [5.41, 5.74) is 4.20. The van der Waals surface area contributed by atoms with Crippen LogP contribution in [0, 0.1) is 0 Å². The Balaban J connectivity index is 2.06. The van der Waals surface area contributed by atoms with Gasteiger partial charge < -0.3 is 0 Å². The molecule has 0 fully saturated rings. The first-order chi connectivity index (χ1) is 7.25. The highest BCUT2D eigenvalue weighted by Crippen LogP contribution is 2.04. The van der Waals surface area contributed by atoms with Crippen LogP contribution in [0.5, 0.6) is 0 Å². The summed E-state index contributed by atoms with van der Waals surface area (Å²) in [5, 5.41) is 13.2. The summed E-state index contributed by atoms with van der Waals surface area (Å²) in [7, 11) is 0. The Morgan fingerprint density at radius 1 is 1.73 bits per heavy atom. The molecule has 1 aliphatic rings. The minimum Gasteiger partial charge on any atom is -0.245 e. The molecule has 15 heavy (non-hydrogen) atoms. The van der Waals surface area contributed by atoms with Crippen molar-refractivity contribution < 1.29 is 4.79 Å². The van der Waals surface area contributed by atoms with Crippen LogP contribution in [0.25, 0.3) is 0 Å². The van der Waals surface area contributed by atoms with Crippen molar-refractivity contribution in [2.24, 2.45) is 10.2 Å². The van der Waals surface area contributed by atoms with Crippen LogP contribution < -0.4 is 5.43 Å². The number of nitrogens with one attached hydrogen (secondary N) is 1. The molecule has 78 valence electrons. The van der Waals surface area contributed by atoms with Gasteiger partial charge in [-0.2, -0.15) is 21.5 Å². The Hall–Kier alpha value is -1.69. The highest BCUT2D eigenvalue weighted by molar-refractivity contribution is 7.08. The number of hydrogen-bond donors (Lipinski definition) is 1. The third kappa shape index (κ3) is 2.41. The third-order valence-corrected chi connectivity index (χ3v) is 2.55. The second kappa shape index (κ2) is 4.22. The van der Waals surface area contributed by atoms with Crippen LogP contribution in [0.3, 0.4) is 0 Å². The van der Waals surface area contributed by atoms with Crippen molar-refractivity contribution in [3.8, 4) is 0 Å². The fraction of sp³-hybridized carbons (Fsp3) is 0.222. The molecule has 0 radical (unpaired) electrons. The third-order valence-electron chi connectivity index (χ3n) is 1.84. The van der Waals surface area contributed by atoms with E-state index in [1.807, 2.05) is 23.8 Å². The quantitative estimate of drug-likeness (QED) is 0.757. The highest BCUT2D eigenvalue weighted by atomic mass is 32.1. The van der Waals surface area contributed by atoms with Gasteiger partial charge in [0.15, 0.2) is 0 Å². The molecule has 2 rings (SSSR count). The standard InChI is InChI=1S/C9H10N4OS/c1-7-5-13(9(14)12-11-7)10-4-8-2-3-15-6-8/h2-4,6H,5H2,1H3,(H,12,14)/b10-4+. The van der Waals surface area contributed by atoms with E-state index in [2.05, 4.69) is 15.6 Å². The SMILES string of the molecule is CC1=NNC(=O)N(/N=C/c2ccsc2)C1. The van der Waals surface area contributed by atoms with E-state index >= 15 is 0 Å². The summed E-state index contributed by atoms with van der Waals surface area (Å²) in [6.45, 7) is 2.28. The first-order valence-electron chi connectivity index (χ1n) is 4.42. The topological polar surface area (TPSA) is 57.1 Å². The Morgan fingerprint density at radius 2 is 2.60 bits per heavy atom. The van der Waals surface area contributed by atoms with E-state index in [0.29, 0.717) is 6.54 Å². The average molecular weight is 222 g/mol. The predicted octanol–water partition coefficient (Wildman–Crippen LogP) is 1.48. The molecule has 0 atom stereocenters. The summed E-state index contributed by atoms with van der Waals surface area (Å²) < 4.78 is 0. The fourth-order valence-corrected chi connectivity index (χ4v) is 1.71. The van der Waals surface area contributed by atoms with Gasteiger partial charge in [0.25, 0.3) is 0 Å². The van der Waals surface area contributed by atoms with E-state index < -0.39 is 0 Å². The van der Waals surface area contributed by atoms with Gasteiger partial charge in [0.2, 0.25) is 0 Å². The number of rotatable bonds is 2. The molecule has 0 spiro atoms. The number of urea groups is 1. The number of carbonyl (C=O) groups excluding carboxylic acids is 1. The smallest absolute Gasteiger partial charge is 0.245 e. The molecule has 1 aromatic rings. The van der Waals surface area contributed by atoms with Gasteiger partial charge in [-0.15, -0.1) is 0 Å². The molecule has 2 amide bonds. The minimum absolute atomic E-state index is 0.299. The minimum atomic E-state index is -0.299. The van der Waals surface area contributed by atoms with E-state index in [-0.39, 0.29) is 6.03 Å². The molecule has 0 aliphatic carbocycles. The molecular formula is C9H10N4OS. The first kappa shape index (κ1) is 9.85. The van der Waals surface area contributed by atoms with E-state index in [1.165, 1.54) is 5.01 Å². The molecular weight excluding hydrogens is 212 g/mol. The Labute approximate surface area is 91.1 Å². The maximum Gasteiger partial charge on any atom is 0.358 e. The van der Waals surface area contributed by atoms with Gasteiger partial charge in [0.05, 0.1) is 18.5 Å². The Kier molecular flexibility index (Phi) is 2.77. The second-order valence-electron chi connectivity index (χ2n) is 3.12. The number of carbonyl (C=O) groups is 1. The second-order valence-corrected chi connectivity index (χ2v) is 3.90. The van der Waals surface area contributed by atoms with Crippen LogP contribution in [0.15, 0.2) is 27.0 Å². The summed E-state index contributed by atoms with van der Waals surface area (Å²) in [6, 6.07) is 1.64. The van der Waals surface area contributed by atoms with Crippen LogP contribution in [-0.2, 0) is 0 Å². The van der Waals surface area contributed by atoms with Crippen molar-refractivity contribution in [2.45, 2.75) is 6.92 Å². The van der Waals surface area contributed by atoms with Crippen LogP contribution in [0.2, 0.25) is 0 Å². The van der Waals surface area contributed by atoms with Gasteiger partial charge in [0.1, 0.15) is 0 Å². The molecule has 0 aromatic carbocycles. The maximum atomic E-state index is 11.3. The van der Waals surface area contributed by atoms with Crippen LogP contribution >= 0.6 is 11.3 Å². The monoisotopic (exact) mass is 222 g/mol. The van der Waals surface area contributed by atoms with Crippen molar-refractivity contribution in [3.05, 3.63) is 22.4 Å². The molecule has 5 nitrogen and oxygen atoms in total. The van der Waals surface area contributed by atoms with E-state index in [9.17, 15) is 4.79 Å². The summed E-state index contributed by atoms with van der Waals surface area (Å²) in [4.78, 5) is 11.3. The van der Waals surface area contributed by atoms with Gasteiger partial charge in [-0.3, -0.25) is 0 Å². The Morgan fingerprint density at radius 3 is 3.33 bits per heavy atom. The van der Waals surface area contributed by atoms with Crippen LogP contribution in [0.4, 0.5) is 4.79 Å². The van der Waals surface area contributed by atoms with Crippen LogP contribution in [0.1, 0.15) is 12.5 Å². The van der Waals surface area contributed by atoms with Crippen molar-refractivity contribution in [3.63, 3.8) is 0 Å². The molecule has 2 heterocycles. The summed E-state index contributed by atoms with van der Waals surface area (Å²) >= 11 is 1.59. The first-order valence-corrected chi connectivity index (χ1v) is 5.37.